The van der Waals surface area contributed by atoms with E-state index in [2.05, 4.69) is 14.1 Å². The SMILES string of the molecule is CCNC(c1cc(C)cc(F)c1)c1cnsn1. The Balaban J connectivity index is 2.38. The Morgan fingerprint density at radius 3 is 2.82 bits per heavy atom. The summed E-state index contributed by atoms with van der Waals surface area (Å²) in [5.74, 6) is -0.217. The molecule has 2 rings (SSSR count). The highest BCUT2D eigenvalue weighted by Gasteiger charge is 2.16. The quantitative estimate of drug-likeness (QED) is 0.908. The molecule has 1 aromatic heterocycles. The van der Waals surface area contributed by atoms with E-state index in [1.54, 1.807) is 12.3 Å². The van der Waals surface area contributed by atoms with Gasteiger partial charge in [-0.3, -0.25) is 0 Å². The zero-order valence-corrected chi connectivity index (χ0v) is 10.6. The fraction of sp³-hybridized carbons (Fsp3) is 0.333. The highest BCUT2D eigenvalue weighted by atomic mass is 32.1. The molecule has 1 aromatic carbocycles. The molecule has 0 saturated heterocycles. The van der Waals surface area contributed by atoms with Gasteiger partial charge in [-0.15, -0.1) is 0 Å². The molecule has 0 spiro atoms. The van der Waals surface area contributed by atoms with Crippen LogP contribution < -0.4 is 5.32 Å². The van der Waals surface area contributed by atoms with Gasteiger partial charge >= 0.3 is 0 Å². The molecular weight excluding hydrogens is 237 g/mol. The van der Waals surface area contributed by atoms with E-state index in [0.29, 0.717) is 0 Å². The van der Waals surface area contributed by atoms with Gasteiger partial charge in [-0.2, -0.15) is 8.75 Å². The number of nitrogens with one attached hydrogen (secondary N) is 1. The Kier molecular flexibility index (Phi) is 3.81. The van der Waals surface area contributed by atoms with Crippen molar-refractivity contribution in [3.8, 4) is 0 Å². The van der Waals surface area contributed by atoms with Crippen molar-refractivity contribution in [2.45, 2.75) is 19.9 Å². The van der Waals surface area contributed by atoms with Gasteiger partial charge < -0.3 is 5.32 Å². The molecule has 0 bridgehead atoms. The molecule has 1 heterocycles. The zero-order chi connectivity index (χ0) is 12.3. The van der Waals surface area contributed by atoms with E-state index in [1.165, 1.54) is 6.07 Å². The van der Waals surface area contributed by atoms with E-state index >= 15 is 0 Å². The van der Waals surface area contributed by atoms with Gasteiger partial charge in [0.15, 0.2) is 0 Å². The van der Waals surface area contributed by atoms with Crippen LogP contribution in [0, 0.1) is 12.7 Å². The second kappa shape index (κ2) is 5.33. The van der Waals surface area contributed by atoms with Crippen LogP contribution in [0.15, 0.2) is 24.4 Å². The van der Waals surface area contributed by atoms with Gasteiger partial charge in [0.1, 0.15) is 5.82 Å². The monoisotopic (exact) mass is 251 g/mol. The molecule has 17 heavy (non-hydrogen) atoms. The molecule has 90 valence electrons. The standard InChI is InChI=1S/C12H14FN3S/c1-3-14-12(11-7-15-17-16-11)9-4-8(2)5-10(13)6-9/h4-7,12,14H,3H2,1-2H3. The number of benzene rings is 1. The number of rotatable bonds is 4. The topological polar surface area (TPSA) is 37.8 Å². The number of aromatic nitrogens is 2. The van der Waals surface area contributed by atoms with E-state index < -0.39 is 0 Å². The van der Waals surface area contributed by atoms with E-state index in [0.717, 1.165) is 35.1 Å². The minimum Gasteiger partial charge on any atom is -0.305 e. The van der Waals surface area contributed by atoms with Crippen LogP contribution in [-0.2, 0) is 0 Å². The third kappa shape index (κ3) is 2.87. The summed E-state index contributed by atoms with van der Waals surface area (Å²) in [5, 5.41) is 3.29. The van der Waals surface area contributed by atoms with Crippen molar-refractivity contribution in [2.24, 2.45) is 0 Å². The molecule has 1 N–H and O–H groups in total. The lowest BCUT2D eigenvalue weighted by atomic mass is 10.0. The minimum atomic E-state index is -0.217. The van der Waals surface area contributed by atoms with Gasteiger partial charge in [0.25, 0.3) is 0 Å². The third-order valence-electron chi connectivity index (χ3n) is 2.48. The van der Waals surface area contributed by atoms with Crippen molar-refractivity contribution in [1.82, 2.24) is 14.1 Å². The van der Waals surface area contributed by atoms with E-state index in [1.807, 2.05) is 19.9 Å². The number of aryl methyl sites for hydroxylation is 1. The maximum atomic E-state index is 13.4. The number of hydrogen-bond acceptors (Lipinski definition) is 4. The van der Waals surface area contributed by atoms with Crippen LogP contribution in [0.25, 0.3) is 0 Å². The first kappa shape index (κ1) is 12.1. The van der Waals surface area contributed by atoms with Crippen molar-refractivity contribution >= 4 is 11.7 Å². The largest absolute Gasteiger partial charge is 0.305 e. The average molecular weight is 251 g/mol. The minimum absolute atomic E-state index is 0.0897. The number of hydrogen-bond donors (Lipinski definition) is 1. The van der Waals surface area contributed by atoms with Crippen molar-refractivity contribution in [1.29, 1.82) is 0 Å². The average Bonchev–Trinajstić information content (AvgIpc) is 2.77. The van der Waals surface area contributed by atoms with Crippen LogP contribution in [0.1, 0.15) is 29.8 Å². The highest BCUT2D eigenvalue weighted by Crippen LogP contribution is 2.22. The number of nitrogens with zero attached hydrogens (tertiary/aromatic N) is 2. The summed E-state index contributed by atoms with van der Waals surface area (Å²) < 4.78 is 21.6. The molecule has 0 amide bonds. The molecule has 1 atom stereocenters. The summed E-state index contributed by atoms with van der Waals surface area (Å²) >= 11 is 1.16. The summed E-state index contributed by atoms with van der Waals surface area (Å²) in [6, 6.07) is 4.94. The number of halogens is 1. The Labute approximate surface area is 104 Å². The van der Waals surface area contributed by atoms with Crippen molar-refractivity contribution in [3.63, 3.8) is 0 Å². The Hall–Kier alpha value is -1.33. The van der Waals surface area contributed by atoms with Crippen LogP contribution >= 0.6 is 11.7 Å². The molecule has 0 radical (unpaired) electrons. The van der Waals surface area contributed by atoms with E-state index in [4.69, 9.17) is 0 Å². The first-order valence-electron chi connectivity index (χ1n) is 5.48. The summed E-state index contributed by atoms with van der Waals surface area (Å²) in [6.07, 6.45) is 1.72. The molecule has 0 fully saturated rings. The summed E-state index contributed by atoms with van der Waals surface area (Å²) in [5.41, 5.74) is 2.63. The molecule has 5 heteroatoms. The first-order valence-corrected chi connectivity index (χ1v) is 6.21. The van der Waals surface area contributed by atoms with Gasteiger partial charge in [-0.25, -0.2) is 4.39 Å². The lowest BCUT2D eigenvalue weighted by Crippen LogP contribution is -2.22. The maximum Gasteiger partial charge on any atom is 0.123 e. The van der Waals surface area contributed by atoms with Gasteiger partial charge in [0.2, 0.25) is 0 Å². The van der Waals surface area contributed by atoms with Gasteiger partial charge in [0, 0.05) is 0 Å². The Bertz CT molecular complexity index is 464. The van der Waals surface area contributed by atoms with Gasteiger partial charge in [-0.1, -0.05) is 13.0 Å². The molecule has 0 aliphatic rings. The predicted molar refractivity (Wildman–Crippen MR) is 66.6 cm³/mol. The van der Waals surface area contributed by atoms with Crippen LogP contribution in [0.5, 0.6) is 0 Å². The molecule has 0 aliphatic heterocycles. The molecule has 2 aromatic rings. The van der Waals surface area contributed by atoms with Gasteiger partial charge in [0.05, 0.1) is 29.7 Å². The maximum absolute atomic E-state index is 13.4. The van der Waals surface area contributed by atoms with E-state index in [-0.39, 0.29) is 11.9 Å². The Morgan fingerprint density at radius 2 is 2.24 bits per heavy atom. The van der Waals surface area contributed by atoms with Crippen LogP contribution in [-0.4, -0.2) is 15.3 Å². The molecule has 1 unspecified atom stereocenters. The van der Waals surface area contributed by atoms with Crippen LogP contribution in [0.4, 0.5) is 4.39 Å². The van der Waals surface area contributed by atoms with E-state index in [9.17, 15) is 4.39 Å². The molecule has 3 nitrogen and oxygen atoms in total. The normalized spacial score (nSPS) is 12.6. The highest BCUT2D eigenvalue weighted by molar-refractivity contribution is 6.99. The molecular formula is C12H14FN3S. The summed E-state index contributed by atoms with van der Waals surface area (Å²) in [7, 11) is 0. The van der Waals surface area contributed by atoms with Crippen molar-refractivity contribution < 1.29 is 4.39 Å². The van der Waals surface area contributed by atoms with Crippen molar-refractivity contribution in [2.75, 3.05) is 6.54 Å². The van der Waals surface area contributed by atoms with Crippen LogP contribution in [0.2, 0.25) is 0 Å². The fourth-order valence-electron chi connectivity index (χ4n) is 1.83. The van der Waals surface area contributed by atoms with Gasteiger partial charge in [-0.05, 0) is 36.7 Å². The second-order valence-electron chi connectivity index (χ2n) is 3.88. The first-order chi connectivity index (χ1) is 8.20. The predicted octanol–water partition coefficient (Wildman–Crippen LogP) is 2.68. The lowest BCUT2D eigenvalue weighted by Gasteiger charge is -2.16. The van der Waals surface area contributed by atoms with Crippen LogP contribution in [0.3, 0.4) is 0 Å². The third-order valence-corrected chi connectivity index (χ3v) is 2.97. The molecule has 0 saturated carbocycles. The lowest BCUT2D eigenvalue weighted by molar-refractivity contribution is 0.596. The smallest absolute Gasteiger partial charge is 0.123 e. The summed E-state index contributed by atoms with van der Waals surface area (Å²) in [4.78, 5) is 0. The Morgan fingerprint density at radius 1 is 1.41 bits per heavy atom. The zero-order valence-electron chi connectivity index (χ0n) is 9.77. The fourth-order valence-corrected chi connectivity index (χ4v) is 2.28. The van der Waals surface area contributed by atoms with Crippen molar-refractivity contribution in [3.05, 3.63) is 47.0 Å². The second-order valence-corrected chi connectivity index (χ2v) is 4.44. The summed E-state index contributed by atoms with van der Waals surface area (Å²) in [6.45, 7) is 4.69. The molecule has 0 aliphatic carbocycles.